The molecule has 0 radical (unpaired) electrons. The van der Waals surface area contributed by atoms with E-state index in [1.165, 1.54) is 250 Å². The molecule has 0 saturated carbocycles. The molecular weight excluding hydrogens is 961 g/mol. The Kier molecular flexibility index (Phi) is 65.1. The largest absolute Gasteiger partial charge is 0.462 e. The average Bonchev–Trinajstić information content (AvgIpc) is 3.44. The van der Waals surface area contributed by atoms with Crippen molar-refractivity contribution in [2.45, 2.75) is 393 Å². The highest BCUT2D eigenvalue weighted by molar-refractivity contribution is 5.71. The summed E-state index contributed by atoms with van der Waals surface area (Å²) in [5.41, 5.74) is 0. The van der Waals surface area contributed by atoms with Crippen LogP contribution in [0.3, 0.4) is 0 Å². The summed E-state index contributed by atoms with van der Waals surface area (Å²) in [7, 11) is 0. The summed E-state index contributed by atoms with van der Waals surface area (Å²) in [6.45, 7) is 6.60. The molecule has 1 unspecified atom stereocenters. The molecule has 0 rings (SSSR count). The third kappa shape index (κ3) is 64.5. The molecule has 0 aromatic heterocycles. The number of carbonyl (C=O) groups is 3. The highest BCUT2D eigenvalue weighted by atomic mass is 16.6. The molecule has 6 nitrogen and oxygen atoms in total. The molecule has 1 atom stereocenters. The summed E-state index contributed by atoms with van der Waals surface area (Å²) in [5.74, 6) is -0.859. The van der Waals surface area contributed by atoms with E-state index >= 15 is 0 Å². The Morgan fingerprint density at radius 3 is 0.782 bits per heavy atom. The van der Waals surface area contributed by atoms with Crippen molar-refractivity contribution >= 4 is 17.9 Å². The van der Waals surface area contributed by atoms with Crippen LogP contribution in [0.15, 0.2) is 36.5 Å². The van der Waals surface area contributed by atoms with E-state index in [1.807, 2.05) is 0 Å². The van der Waals surface area contributed by atoms with Gasteiger partial charge in [-0.05, 0) is 51.4 Å². The van der Waals surface area contributed by atoms with Crippen molar-refractivity contribution in [2.75, 3.05) is 13.2 Å². The predicted molar refractivity (Wildman–Crippen MR) is 339 cm³/mol. The molecule has 0 fully saturated rings. The first-order valence-corrected chi connectivity index (χ1v) is 35.0. The monoisotopic (exact) mass is 1100 g/mol. The van der Waals surface area contributed by atoms with Gasteiger partial charge < -0.3 is 14.2 Å². The Bertz CT molecular complexity index is 1300. The SMILES string of the molecule is CC/C=C\C/C=C\C/C=C\CCCCCCCC(=O)OCC(COC(=O)CCCCCCCCCCCCCCCCCCCCCCCCC)OC(=O)CCCCCCCCCCCCCCCCCCCCCCCC. The zero-order valence-electron chi connectivity index (χ0n) is 52.7. The normalized spacial score (nSPS) is 12.2. The summed E-state index contributed by atoms with van der Waals surface area (Å²) in [6.07, 6.45) is 83.2. The topological polar surface area (TPSA) is 78.9 Å². The molecule has 0 aliphatic rings. The van der Waals surface area contributed by atoms with E-state index in [2.05, 4.69) is 57.2 Å². The number of unbranched alkanes of at least 4 members (excludes halogenated alkanes) is 48. The summed E-state index contributed by atoms with van der Waals surface area (Å²) < 4.78 is 17.0. The average molecular weight is 1100 g/mol. The van der Waals surface area contributed by atoms with Crippen LogP contribution in [-0.4, -0.2) is 37.2 Å². The maximum atomic E-state index is 13.0. The Morgan fingerprint density at radius 2 is 0.500 bits per heavy atom. The second-order valence-corrected chi connectivity index (χ2v) is 23.8. The van der Waals surface area contributed by atoms with Crippen molar-refractivity contribution in [1.29, 1.82) is 0 Å². The third-order valence-corrected chi connectivity index (χ3v) is 15.9. The van der Waals surface area contributed by atoms with Gasteiger partial charge in [0.25, 0.3) is 0 Å². The first-order chi connectivity index (χ1) is 38.5. The smallest absolute Gasteiger partial charge is 0.306 e. The van der Waals surface area contributed by atoms with Gasteiger partial charge in [-0.1, -0.05) is 353 Å². The Hall–Kier alpha value is -2.37. The highest BCUT2D eigenvalue weighted by Gasteiger charge is 2.19. The lowest BCUT2D eigenvalue weighted by atomic mass is 10.0. The van der Waals surface area contributed by atoms with Crippen LogP contribution in [0.5, 0.6) is 0 Å². The second-order valence-electron chi connectivity index (χ2n) is 23.8. The van der Waals surface area contributed by atoms with Crippen molar-refractivity contribution in [3.8, 4) is 0 Å². The standard InChI is InChI=1S/C72H134O6/c1-4-7-10-13-16-19-22-25-28-30-32-34-36-38-39-41-44-47-50-53-56-59-62-65-71(74)77-68-69(67-76-70(73)64-61-58-55-52-49-46-43-27-24-21-18-15-12-9-6-3)78-72(75)66-63-60-57-54-51-48-45-42-40-37-35-33-31-29-26-23-20-17-14-11-8-5-2/h9,12,18,21,27,43,69H,4-8,10-11,13-17,19-20,22-26,28-42,44-68H2,1-3H3/b12-9-,21-18-,43-27-. The number of hydrogen-bond acceptors (Lipinski definition) is 6. The molecule has 0 aromatic carbocycles. The minimum Gasteiger partial charge on any atom is -0.462 e. The summed E-state index contributed by atoms with van der Waals surface area (Å²) in [4.78, 5) is 38.4. The van der Waals surface area contributed by atoms with E-state index in [4.69, 9.17) is 14.2 Å². The maximum Gasteiger partial charge on any atom is 0.306 e. The van der Waals surface area contributed by atoms with Gasteiger partial charge in [-0.2, -0.15) is 0 Å². The van der Waals surface area contributed by atoms with Gasteiger partial charge in [0.1, 0.15) is 13.2 Å². The van der Waals surface area contributed by atoms with Crippen LogP contribution in [0.4, 0.5) is 0 Å². The van der Waals surface area contributed by atoms with Gasteiger partial charge in [0, 0.05) is 19.3 Å². The van der Waals surface area contributed by atoms with E-state index in [0.29, 0.717) is 19.3 Å². The molecule has 0 amide bonds. The van der Waals surface area contributed by atoms with E-state index in [0.717, 1.165) is 96.3 Å². The lowest BCUT2D eigenvalue weighted by Crippen LogP contribution is -2.30. The van der Waals surface area contributed by atoms with Gasteiger partial charge >= 0.3 is 17.9 Å². The maximum absolute atomic E-state index is 13.0. The highest BCUT2D eigenvalue weighted by Crippen LogP contribution is 2.19. The summed E-state index contributed by atoms with van der Waals surface area (Å²) >= 11 is 0. The molecule has 0 aliphatic heterocycles. The lowest BCUT2D eigenvalue weighted by molar-refractivity contribution is -0.167. The molecule has 0 spiro atoms. The molecule has 0 aliphatic carbocycles. The van der Waals surface area contributed by atoms with Crippen molar-refractivity contribution in [1.82, 2.24) is 0 Å². The Balaban J connectivity index is 4.27. The van der Waals surface area contributed by atoms with E-state index in [1.54, 1.807) is 0 Å². The van der Waals surface area contributed by atoms with Gasteiger partial charge in [0.2, 0.25) is 0 Å². The van der Waals surface area contributed by atoms with Gasteiger partial charge in [0.15, 0.2) is 6.10 Å². The Morgan fingerprint density at radius 1 is 0.269 bits per heavy atom. The first kappa shape index (κ1) is 75.6. The number of allylic oxidation sites excluding steroid dienone is 6. The van der Waals surface area contributed by atoms with E-state index < -0.39 is 6.10 Å². The van der Waals surface area contributed by atoms with E-state index in [9.17, 15) is 14.4 Å². The van der Waals surface area contributed by atoms with Crippen LogP contribution >= 0.6 is 0 Å². The van der Waals surface area contributed by atoms with Crippen LogP contribution in [0.25, 0.3) is 0 Å². The second kappa shape index (κ2) is 67.1. The quantitative estimate of drug-likeness (QED) is 0.0261. The molecular formula is C72H134O6. The number of esters is 3. The van der Waals surface area contributed by atoms with Crippen LogP contribution in [0.1, 0.15) is 387 Å². The summed E-state index contributed by atoms with van der Waals surface area (Å²) in [6, 6.07) is 0. The van der Waals surface area contributed by atoms with E-state index in [-0.39, 0.29) is 31.1 Å². The molecule has 0 aromatic rings. The third-order valence-electron chi connectivity index (χ3n) is 15.9. The Labute approximate surface area is 486 Å². The molecule has 6 heteroatoms. The van der Waals surface area contributed by atoms with Gasteiger partial charge in [-0.15, -0.1) is 0 Å². The predicted octanol–water partition coefficient (Wildman–Crippen LogP) is 23.9. The van der Waals surface area contributed by atoms with Crippen molar-refractivity contribution in [2.24, 2.45) is 0 Å². The molecule has 0 heterocycles. The van der Waals surface area contributed by atoms with Crippen LogP contribution in [0.2, 0.25) is 0 Å². The van der Waals surface area contributed by atoms with Gasteiger partial charge in [0.05, 0.1) is 0 Å². The fourth-order valence-corrected chi connectivity index (χ4v) is 10.7. The molecule has 0 saturated heterocycles. The van der Waals surface area contributed by atoms with Crippen molar-refractivity contribution in [3.05, 3.63) is 36.5 Å². The van der Waals surface area contributed by atoms with Crippen LogP contribution in [0, 0.1) is 0 Å². The van der Waals surface area contributed by atoms with Gasteiger partial charge in [-0.25, -0.2) is 0 Å². The molecule has 458 valence electrons. The number of carbonyl (C=O) groups excluding carboxylic acids is 3. The zero-order valence-corrected chi connectivity index (χ0v) is 52.7. The fraction of sp³-hybridized carbons (Fsp3) is 0.875. The first-order valence-electron chi connectivity index (χ1n) is 35.0. The number of ether oxygens (including phenoxy) is 3. The number of hydrogen-bond donors (Lipinski definition) is 0. The molecule has 0 bridgehead atoms. The molecule has 78 heavy (non-hydrogen) atoms. The van der Waals surface area contributed by atoms with Crippen molar-refractivity contribution < 1.29 is 28.6 Å². The summed E-state index contributed by atoms with van der Waals surface area (Å²) in [5, 5.41) is 0. The van der Waals surface area contributed by atoms with Gasteiger partial charge in [-0.3, -0.25) is 14.4 Å². The number of rotatable bonds is 65. The fourth-order valence-electron chi connectivity index (χ4n) is 10.7. The zero-order chi connectivity index (χ0) is 56.4. The minimum atomic E-state index is -0.777. The van der Waals surface area contributed by atoms with Crippen LogP contribution in [-0.2, 0) is 28.6 Å². The minimum absolute atomic E-state index is 0.0718. The lowest BCUT2D eigenvalue weighted by Gasteiger charge is -2.18. The van der Waals surface area contributed by atoms with Crippen LogP contribution < -0.4 is 0 Å². The van der Waals surface area contributed by atoms with Crippen molar-refractivity contribution in [3.63, 3.8) is 0 Å². The molecule has 0 N–H and O–H groups in total.